The zero-order valence-corrected chi connectivity index (χ0v) is 26.0. The van der Waals surface area contributed by atoms with Gasteiger partial charge in [0.25, 0.3) is 15.9 Å². The fourth-order valence-corrected chi connectivity index (χ4v) is 6.02. The van der Waals surface area contributed by atoms with E-state index in [9.17, 15) is 13.2 Å². The van der Waals surface area contributed by atoms with E-state index in [1.54, 1.807) is 54.6 Å². The lowest BCUT2D eigenvalue weighted by molar-refractivity contribution is -0.119. The molecule has 0 saturated carbocycles. The number of rotatable bonds is 12. The summed E-state index contributed by atoms with van der Waals surface area (Å²) in [7, 11) is -1.19. The summed E-state index contributed by atoms with van der Waals surface area (Å²) in [6.07, 6.45) is 1.39. The highest BCUT2D eigenvalue weighted by atomic mass is 35.5. The van der Waals surface area contributed by atoms with Crippen LogP contribution in [0.2, 0.25) is 15.1 Å². The Morgan fingerprint density at radius 2 is 1.58 bits per heavy atom. The molecule has 0 spiro atoms. The molecule has 0 bridgehead atoms. The molecule has 0 aliphatic rings. The number of nitrogens with zero attached hydrogens (tertiary/aromatic N) is 2. The Labute approximate surface area is 264 Å². The molecule has 0 unspecified atom stereocenters. The number of sulfonamides is 1. The largest absolute Gasteiger partial charge is 0.495 e. The van der Waals surface area contributed by atoms with Crippen LogP contribution in [0.25, 0.3) is 0 Å². The summed E-state index contributed by atoms with van der Waals surface area (Å²) in [5.74, 6) is 0.568. The van der Waals surface area contributed by atoms with Gasteiger partial charge in [0.15, 0.2) is 11.5 Å². The maximum Gasteiger partial charge on any atom is 0.264 e. The lowest BCUT2D eigenvalue weighted by Gasteiger charge is -2.24. The average Bonchev–Trinajstić information content (AvgIpc) is 3.00. The Morgan fingerprint density at radius 3 is 2.26 bits per heavy atom. The fourth-order valence-electron chi connectivity index (χ4n) is 3.87. The Bertz CT molecular complexity index is 1740. The van der Waals surface area contributed by atoms with Gasteiger partial charge in [-0.25, -0.2) is 13.8 Å². The lowest BCUT2D eigenvalue weighted by atomic mass is 10.2. The van der Waals surface area contributed by atoms with Crippen molar-refractivity contribution in [3.05, 3.63) is 111 Å². The number of benzene rings is 4. The van der Waals surface area contributed by atoms with Crippen molar-refractivity contribution in [1.82, 2.24) is 5.43 Å². The van der Waals surface area contributed by atoms with E-state index in [2.05, 4.69) is 10.5 Å². The van der Waals surface area contributed by atoms with Gasteiger partial charge in [-0.15, -0.1) is 0 Å². The molecule has 0 fully saturated rings. The molecule has 0 aliphatic carbocycles. The maximum absolute atomic E-state index is 13.5. The second-order valence-electron chi connectivity index (χ2n) is 8.87. The van der Waals surface area contributed by atoms with Crippen LogP contribution in [0.3, 0.4) is 0 Å². The first-order valence-electron chi connectivity index (χ1n) is 12.6. The quantitative estimate of drug-likeness (QED) is 0.136. The van der Waals surface area contributed by atoms with Gasteiger partial charge in [-0.05, 0) is 66.2 Å². The number of nitrogens with one attached hydrogen (secondary N) is 1. The molecule has 9 nitrogen and oxygen atoms in total. The number of halogens is 3. The summed E-state index contributed by atoms with van der Waals surface area (Å²) < 4.78 is 44.4. The van der Waals surface area contributed by atoms with E-state index < -0.39 is 22.5 Å². The maximum atomic E-state index is 13.5. The molecule has 43 heavy (non-hydrogen) atoms. The summed E-state index contributed by atoms with van der Waals surface area (Å²) >= 11 is 18.4. The Balaban J connectivity index is 1.47. The third-order valence-corrected chi connectivity index (χ3v) is 8.70. The molecule has 1 N–H and O–H groups in total. The van der Waals surface area contributed by atoms with Crippen LogP contribution in [0.1, 0.15) is 11.1 Å². The van der Waals surface area contributed by atoms with Crippen LogP contribution in [-0.2, 0) is 21.4 Å². The first-order valence-corrected chi connectivity index (χ1v) is 15.2. The minimum atomic E-state index is -4.13. The van der Waals surface area contributed by atoms with Gasteiger partial charge in [0.2, 0.25) is 0 Å². The molecular formula is C30H26Cl3N3O6S. The number of hydrogen-bond acceptors (Lipinski definition) is 7. The van der Waals surface area contributed by atoms with Crippen LogP contribution in [0.4, 0.5) is 5.69 Å². The van der Waals surface area contributed by atoms with Gasteiger partial charge in [-0.2, -0.15) is 5.10 Å². The van der Waals surface area contributed by atoms with Crippen LogP contribution < -0.4 is 23.9 Å². The molecule has 13 heteroatoms. The number of anilines is 1. The topological polar surface area (TPSA) is 107 Å². The molecule has 4 aromatic carbocycles. The second-order valence-corrected chi connectivity index (χ2v) is 12.0. The smallest absolute Gasteiger partial charge is 0.264 e. The SMILES string of the molecule is COc1ccc(N(CC(=O)NN=Cc2ccc(OCc3ccc(Cl)cc3Cl)c(OC)c2)S(=O)(=O)c2ccccc2)cc1Cl. The van der Waals surface area contributed by atoms with E-state index in [4.69, 9.17) is 49.0 Å². The Morgan fingerprint density at radius 1 is 0.860 bits per heavy atom. The molecule has 4 rings (SSSR count). The minimum absolute atomic E-state index is 0.00554. The van der Waals surface area contributed by atoms with Crippen molar-refractivity contribution in [3.63, 3.8) is 0 Å². The number of carbonyl (C=O) groups excluding carboxylic acids is 1. The number of hydrazone groups is 1. The lowest BCUT2D eigenvalue weighted by Crippen LogP contribution is -2.39. The second kappa shape index (κ2) is 14.5. The normalized spacial score (nSPS) is 11.3. The number of methoxy groups -OCH3 is 2. The molecule has 224 valence electrons. The van der Waals surface area contributed by atoms with Gasteiger partial charge >= 0.3 is 0 Å². The summed E-state index contributed by atoms with van der Waals surface area (Å²) in [4.78, 5) is 12.9. The first kappa shape index (κ1) is 32.0. The van der Waals surface area contributed by atoms with Gasteiger partial charge in [-0.1, -0.05) is 59.1 Å². The van der Waals surface area contributed by atoms with Crippen molar-refractivity contribution in [3.8, 4) is 17.2 Å². The number of carbonyl (C=O) groups is 1. The highest BCUT2D eigenvalue weighted by Gasteiger charge is 2.27. The van der Waals surface area contributed by atoms with Crippen LogP contribution in [0.15, 0.2) is 94.9 Å². The van der Waals surface area contributed by atoms with Crippen LogP contribution in [0.5, 0.6) is 17.2 Å². The predicted molar refractivity (Wildman–Crippen MR) is 169 cm³/mol. The summed E-state index contributed by atoms with van der Waals surface area (Å²) in [5, 5.41) is 5.18. The van der Waals surface area contributed by atoms with Crippen molar-refractivity contribution in [2.24, 2.45) is 5.10 Å². The fraction of sp³-hybridized carbons (Fsp3) is 0.133. The van der Waals surface area contributed by atoms with E-state index in [0.717, 1.165) is 9.87 Å². The van der Waals surface area contributed by atoms with Crippen LogP contribution in [-0.4, -0.2) is 41.3 Å². The van der Waals surface area contributed by atoms with E-state index >= 15 is 0 Å². The van der Waals surface area contributed by atoms with Crippen molar-refractivity contribution < 1.29 is 27.4 Å². The van der Waals surface area contributed by atoms with Crippen molar-refractivity contribution >= 4 is 62.6 Å². The van der Waals surface area contributed by atoms with Gasteiger partial charge in [0.05, 0.1) is 36.0 Å². The summed E-state index contributed by atoms with van der Waals surface area (Å²) in [6, 6.07) is 22.4. The molecule has 4 aromatic rings. The highest BCUT2D eigenvalue weighted by molar-refractivity contribution is 7.92. The average molecular weight is 663 g/mol. The molecule has 0 aromatic heterocycles. The highest BCUT2D eigenvalue weighted by Crippen LogP contribution is 2.32. The van der Waals surface area contributed by atoms with Gasteiger partial charge in [0, 0.05) is 15.6 Å². The molecule has 0 heterocycles. The van der Waals surface area contributed by atoms with E-state index in [1.807, 2.05) is 0 Å². The number of ether oxygens (including phenoxy) is 3. The van der Waals surface area contributed by atoms with Gasteiger partial charge in [-0.3, -0.25) is 9.10 Å². The van der Waals surface area contributed by atoms with E-state index in [-0.39, 0.29) is 22.2 Å². The molecule has 1 amide bonds. The first-order chi connectivity index (χ1) is 20.6. The van der Waals surface area contributed by atoms with E-state index in [0.29, 0.717) is 32.9 Å². The monoisotopic (exact) mass is 661 g/mol. The molecule has 0 atom stereocenters. The van der Waals surface area contributed by atoms with Gasteiger partial charge in [0.1, 0.15) is 18.9 Å². The standard InChI is InChI=1S/C30H26Cl3N3O6S/c1-40-27-13-11-23(16-26(27)33)36(43(38,39)24-6-4-3-5-7-24)18-30(37)35-34-17-20-8-12-28(29(14-20)41-2)42-19-21-9-10-22(31)15-25(21)32/h3-17H,18-19H2,1-2H3,(H,35,37). The predicted octanol–water partition coefficient (Wildman–Crippen LogP) is 6.59. The molecule has 0 radical (unpaired) electrons. The molecule has 0 saturated heterocycles. The van der Waals surface area contributed by atoms with Crippen molar-refractivity contribution in [1.29, 1.82) is 0 Å². The third kappa shape index (κ3) is 8.11. The number of amides is 1. The van der Waals surface area contributed by atoms with Crippen LogP contribution in [0, 0.1) is 0 Å². The summed E-state index contributed by atoms with van der Waals surface area (Å²) in [5.41, 5.74) is 3.89. The molecule has 0 aliphatic heterocycles. The zero-order valence-electron chi connectivity index (χ0n) is 23.0. The molecular weight excluding hydrogens is 637 g/mol. The third-order valence-electron chi connectivity index (χ3n) is 6.03. The van der Waals surface area contributed by atoms with Crippen molar-refractivity contribution in [2.75, 3.05) is 25.1 Å². The van der Waals surface area contributed by atoms with E-state index in [1.165, 1.54) is 50.8 Å². The minimum Gasteiger partial charge on any atom is -0.495 e. The van der Waals surface area contributed by atoms with Crippen LogP contribution >= 0.6 is 34.8 Å². The summed E-state index contributed by atoms with van der Waals surface area (Å²) in [6.45, 7) is -0.377. The Hall–Kier alpha value is -3.96. The van der Waals surface area contributed by atoms with Gasteiger partial charge < -0.3 is 14.2 Å². The number of hydrogen-bond donors (Lipinski definition) is 1. The Kier molecular flexibility index (Phi) is 10.8. The van der Waals surface area contributed by atoms with Crippen molar-refractivity contribution in [2.45, 2.75) is 11.5 Å². The zero-order chi connectivity index (χ0) is 31.0.